The summed E-state index contributed by atoms with van der Waals surface area (Å²) in [5.74, 6) is -0.217. The molecule has 3 aromatic rings. The smallest absolute Gasteiger partial charge is 0.244 e. The summed E-state index contributed by atoms with van der Waals surface area (Å²) in [6.07, 6.45) is 2.35. The van der Waals surface area contributed by atoms with Gasteiger partial charge in [0.25, 0.3) is 0 Å². The van der Waals surface area contributed by atoms with Crippen molar-refractivity contribution >= 4 is 11.8 Å². The molecule has 2 aromatic carbocycles. The molecule has 0 radical (unpaired) electrons. The minimum atomic E-state index is -0.291. The minimum Gasteiger partial charge on any atom is -0.341 e. The lowest BCUT2D eigenvalue weighted by atomic mass is 9.91. The maximum Gasteiger partial charge on any atom is 0.244 e. The van der Waals surface area contributed by atoms with Crippen molar-refractivity contribution in [2.45, 2.75) is 33.7 Å². The molecule has 0 unspecified atom stereocenters. The summed E-state index contributed by atoms with van der Waals surface area (Å²) in [6, 6.07) is 16.7. The highest BCUT2D eigenvalue weighted by atomic mass is 16.2. The van der Waals surface area contributed by atoms with Gasteiger partial charge in [-0.1, -0.05) is 59.3 Å². The first-order chi connectivity index (χ1) is 15.9. The molecule has 0 N–H and O–H groups in total. The molecule has 1 aromatic heterocycles. The molecule has 1 fully saturated rings. The molecule has 33 heavy (non-hydrogen) atoms. The first-order valence-corrected chi connectivity index (χ1v) is 11.5. The third kappa shape index (κ3) is 5.30. The van der Waals surface area contributed by atoms with Gasteiger partial charge in [0.2, 0.25) is 11.8 Å². The molecule has 7 nitrogen and oxygen atoms in total. The van der Waals surface area contributed by atoms with Crippen LogP contribution < -0.4 is 0 Å². The van der Waals surface area contributed by atoms with Gasteiger partial charge >= 0.3 is 0 Å². The lowest BCUT2D eigenvalue weighted by molar-refractivity contribution is -0.135. The molecular weight excluding hydrogens is 414 g/mol. The quantitative estimate of drug-likeness (QED) is 0.585. The number of rotatable bonds is 6. The summed E-state index contributed by atoms with van der Waals surface area (Å²) in [4.78, 5) is 30.1. The van der Waals surface area contributed by atoms with Crippen LogP contribution in [0, 0.1) is 19.8 Å². The van der Waals surface area contributed by atoms with Crippen molar-refractivity contribution in [1.82, 2.24) is 24.8 Å². The van der Waals surface area contributed by atoms with Crippen LogP contribution >= 0.6 is 0 Å². The minimum absolute atomic E-state index is 0.0394. The van der Waals surface area contributed by atoms with Gasteiger partial charge in [-0.05, 0) is 43.9 Å². The standard InChI is InChI=1S/C26H31N5O2/c1-4-29-13-14-30(25(32)18-31-16-20(3)27-28-31)17-23(26(29)33)15-22-7-5-6-8-24(22)21-11-9-19(2)10-12-21/h5-12,16,23H,4,13-15,17-18H2,1-3H3/t23-/m0/s1. The average molecular weight is 446 g/mol. The summed E-state index contributed by atoms with van der Waals surface area (Å²) in [5.41, 5.74) is 5.38. The molecular formula is C26H31N5O2. The Balaban J connectivity index is 1.58. The number of carbonyl (C=O) groups is 2. The molecule has 0 saturated carbocycles. The topological polar surface area (TPSA) is 71.3 Å². The SMILES string of the molecule is CCN1CCN(C(=O)Cn2cc(C)nn2)C[C@H](Cc2ccccc2-c2ccc(C)cc2)C1=O. The first kappa shape index (κ1) is 22.7. The second kappa shape index (κ2) is 9.98. The van der Waals surface area contributed by atoms with Crippen molar-refractivity contribution in [3.63, 3.8) is 0 Å². The van der Waals surface area contributed by atoms with E-state index in [4.69, 9.17) is 0 Å². The number of nitrogens with zero attached hydrogens (tertiary/aromatic N) is 5. The van der Waals surface area contributed by atoms with E-state index in [0.717, 1.165) is 22.4 Å². The summed E-state index contributed by atoms with van der Waals surface area (Å²) in [6.45, 7) is 8.17. The fourth-order valence-electron chi connectivity index (χ4n) is 4.43. The summed E-state index contributed by atoms with van der Waals surface area (Å²) >= 11 is 0. The van der Waals surface area contributed by atoms with E-state index in [0.29, 0.717) is 32.6 Å². The van der Waals surface area contributed by atoms with Crippen molar-refractivity contribution in [3.8, 4) is 11.1 Å². The molecule has 2 amide bonds. The van der Waals surface area contributed by atoms with Crippen LogP contribution in [0.1, 0.15) is 23.7 Å². The van der Waals surface area contributed by atoms with Gasteiger partial charge in [0.15, 0.2) is 0 Å². The van der Waals surface area contributed by atoms with Crippen molar-refractivity contribution in [1.29, 1.82) is 0 Å². The molecule has 1 aliphatic heterocycles. The maximum atomic E-state index is 13.4. The van der Waals surface area contributed by atoms with Crippen LogP contribution in [-0.4, -0.2) is 62.8 Å². The van der Waals surface area contributed by atoms with Crippen LogP contribution in [0.5, 0.6) is 0 Å². The van der Waals surface area contributed by atoms with E-state index >= 15 is 0 Å². The predicted molar refractivity (Wildman–Crippen MR) is 127 cm³/mol. The van der Waals surface area contributed by atoms with Crippen LogP contribution in [0.25, 0.3) is 11.1 Å². The summed E-state index contributed by atoms with van der Waals surface area (Å²) in [7, 11) is 0. The van der Waals surface area contributed by atoms with Gasteiger partial charge in [0.1, 0.15) is 6.54 Å². The fraction of sp³-hybridized carbons (Fsp3) is 0.385. The van der Waals surface area contributed by atoms with Crippen molar-refractivity contribution in [3.05, 3.63) is 71.5 Å². The largest absolute Gasteiger partial charge is 0.341 e. The Morgan fingerprint density at radius 3 is 2.52 bits per heavy atom. The average Bonchev–Trinajstić information content (AvgIpc) is 3.15. The molecule has 7 heteroatoms. The van der Waals surface area contributed by atoms with Crippen LogP contribution in [0.2, 0.25) is 0 Å². The summed E-state index contributed by atoms with van der Waals surface area (Å²) < 4.78 is 1.56. The zero-order valence-electron chi connectivity index (χ0n) is 19.6. The number of carbonyl (C=O) groups excluding carboxylic acids is 2. The Morgan fingerprint density at radius 2 is 1.82 bits per heavy atom. The number of benzene rings is 2. The zero-order chi connectivity index (χ0) is 23.4. The van der Waals surface area contributed by atoms with E-state index in [1.807, 2.05) is 35.8 Å². The maximum absolute atomic E-state index is 13.4. The predicted octanol–water partition coefficient (Wildman–Crippen LogP) is 3.11. The van der Waals surface area contributed by atoms with Crippen LogP contribution in [0.3, 0.4) is 0 Å². The Bertz CT molecular complexity index is 1120. The van der Waals surface area contributed by atoms with Crippen molar-refractivity contribution < 1.29 is 9.59 Å². The second-order valence-corrected chi connectivity index (χ2v) is 8.74. The fourth-order valence-corrected chi connectivity index (χ4v) is 4.43. The molecule has 1 atom stereocenters. The molecule has 2 heterocycles. The first-order valence-electron chi connectivity index (χ1n) is 11.5. The van der Waals surface area contributed by atoms with Crippen LogP contribution in [0.4, 0.5) is 0 Å². The van der Waals surface area contributed by atoms with Gasteiger partial charge in [-0.15, -0.1) is 5.10 Å². The van der Waals surface area contributed by atoms with Crippen LogP contribution in [0.15, 0.2) is 54.7 Å². The Kier molecular flexibility index (Phi) is 6.87. The zero-order valence-corrected chi connectivity index (χ0v) is 19.6. The highest BCUT2D eigenvalue weighted by Gasteiger charge is 2.32. The van der Waals surface area contributed by atoms with E-state index < -0.39 is 0 Å². The highest BCUT2D eigenvalue weighted by Crippen LogP contribution is 2.27. The number of aryl methyl sites for hydroxylation is 2. The van der Waals surface area contributed by atoms with E-state index in [-0.39, 0.29) is 24.3 Å². The molecule has 0 bridgehead atoms. The molecule has 1 aliphatic rings. The number of aromatic nitrogens is 3. The lowest BCUT2D eigenvalue weighted by Gasteiger charge is -2.24. The highest BCUT2D eigenvalue weighted by molar-refractivity contribution is 5.82. The molecule has 172 valence electrons. The van der Waals surface area contributed by atoms with Crippen LogP contribution in [-0.2, 0) is 22.6 Å². The van der Waals surface area contributed by atoms with E-state index in [1.54, 1.807) is 10.9 Å². The number of amides is 2. The van der Waals surface area contributed by atoms with E-state index in [2.05, 4.69) is 53.6 Å². The van der Waals surface area contributed by atoms with Crippen molar-refractivity contribution in [2.24, 2.45) is 5.92 Å². The monoisotopic (exact) mass is 445 g/mol. The number of hydrogen-bond donors (Lipinski definition) is 0. The van der Waals surface area contributed by atoms with Gasteiger partial charge in [0, 0.05) is 32.4 Å². The van der Waals surface area contributed by atoms with Crippen molar-refractivity contribution in [2.75, 3.05) is 26.2 Å². The van der Waals surface area contributed by atoms with Gasteiger partial charge < -0.3 is 9.80 Å². The molecule has 1 saturated heterocycles. The number of likely N-dealkylation sites (N-methyl/N-ethyl adjacent to an activating group) is 1. The second-order valence-electron chi connectivity index (χ2n) is 8.74. The third-order valence-corrected chi connectivity index (χ3v) is 6.27. The van der Waals surface area contributed by atoms with Gasteiger partial charge in [-0.2, -0.15) is 0 Å². The Hall–Kier alpha value is -3.48. The van der Waals surface area contributed by atoms with Gasteiger partial charge in [0.05, 0.1) is 11.6 Å². The molecule has 0 spiro atoms. The number of hydrogen-bond acceptors (Lipinski definition) is 4. The normalized spacial score (nSPS) is 16.7. The van der Waals surface area contributed by atoms with Gasteiger partial charge in [-0.25, -0.2) is 4.68 Å². The Labute approximate surface area is 195 Å². The molecule has 0 aliphatic carbocycles. The Morgan fingerprint density at radius 1 is 1.06 bits per heavy atom. The van der Waals surface area contributed by atoms with E-state index in [9.17, 15) is 9.59 Å². The summed E-state index contributed by atoms with van der Waals surface area (Å²) in [5, 5.41) is 7.97. The third-order valence-electron chi connectivity index (χ3n) is 6.27. The van der Waals surface area contributed by atoms with E-state index in [1.165, 1.54) is 5.56 Å². The van der Waals surface area contributed by atoms with Gasteiger partial charge in [-0.3, -0.25) is 9.59 Å². The molecule has 4 rings (SSSR count). The lowest BCUT2D eigenvalue weighted by Crippen LogP contribution is -2.39.